The minimum atomic E-state index is -0.515. The molecule has 1 aromatic carbocycles. The molecule has 4 bridgehead atoms. The van der Waals surface area contributed by atoms with Crippen LogP contribution in [-0.2, 0) is 20.9 Å². The number of carbonyl (C=O) groups is 2. The van der Waals surface area contributed by atoms with Crippen molar-refractivity contribution in [2.24, 2.45) is 17.3 Å². The van der Waals surface area contributed by atoms with E-state index in [0.29, 0.717) is 23.8 Å². The van der Waals surface area contributed by atoms with Crippen LogP contribution in [0, 0.1) is 23.1 Å². The van der Waals surface area contributed by atoms with Crippen LogP contribution in [0.4, 0.5) is 4.39 Å². The Balaban J connectivity index is 1.51. The minimum absolute atomic E-state index is 0.0337. The Labute approximate surface area is 157 Å². The molecule has 0 aromatic heterocycles. The lowest BCUT2D eigenvalue weighted by atomic mass is 9.47. The number of ether oxygens (including phenoxy) is 1. The van der Waals surface area contributed by atoms with Gasteiger partial charge in [-0.2, -0.15) is 0 Å². The molecule has 1 N–H and O–H groups in total. The Bertz CT molecular complexity index is 751. The summed E-state index contributed by atoms with van der Waals surface area (Å²) < 4.78 is 18.8. The van der Waals surface area contributed by atoms with Crippen molar-refractivity contribution in [3.63, 3.8) is 0 Å². The van der Waals surface area contributed by atoms with Crippen LogP contribution < -0.4 is 5.32 Å². The highest BCUT2D eigenvalue weighted by atomic mass is 35.5. The molecule has 0 unspecified atom stereocenters. The second-order valence-corrected chi connectivity index (χ2v) is 8.92. The molecule has 4 aliphatic carbocycles. The SMILES string of the molecule is CC(=O)NC12C[C@H]3C[C@H](C1)CC(C(=O)OCc1ccc(F)cc1Cl)(C3)C2. The summed E-state index contributed by atoms with van der Waals surface area (Å²) in [7, 11) is 0. The quantitative estimate of drug-likeness (QED) is 0.804. The van der Waals surface area contributed by atoms with Crippen molar-refractivity contribution in [1.82, 2.24) is 5.32 Å². The summed E-state index contributed by atoms with van der Waals surface area (Å²) in [4.78, 5) is 24.7. The van der Waals surface area contributed by atoms with Gasteiger partial charge in [0.25, 0.3) is 0 Å². The first-order chi connectivity index (χ1) is 12.3. The van der Waals surface area contributed by atoms with E-state index in [4.69, 9.17) is 16.3 Å². The van der Waals surface area contributed by atoms with Crippen molar-refractivity contribution >= 4 is 23.5 Å². The highest BCUT2D eigenvalue weighted by Gasteiger charge is 2.61. The molecule has 0 saturated heterocycles. The summed E-state index contributed by atoms with van der Waals surface area (Å²) in [6.45, 7) is 1.59. The first-order valence-electron chi connectivity index (χ1n) is 9.19. The number of esters is 1. The third kappa shape index (κ3) is 3.11. The molecule has 0 heterocycles. The van der Waals surface area contributed by atoms with Crippen LogP contribution in [0.3, 0.4) is 0 Å². The van der Waals surface area contributed by atoms with Crippen molar-refractivity contribution < 1.29 is 18.7 Å². The summed E-state index contributed by atoms with van der Waals surface area (Å²) in [6, 6.07) is 4.08. The zero-order valence-electron chi connectivity index (χ0n) is 14.8. The molecule has 0 aliphatic heterocycles. The zero-order valence-corrected chi connectivity index (χ0v) is 15.6. The van der Waals surface area contributed by atoms with Gasteiger partial charge in [-0.1, -0.05) is 17.7 Å². The molecule has 4 fully saturated rings. The van der Waals surface area contributed by atoms with E-state index in [1.165, 1.54) is 12.1 Å². The Hall–Kier alpha value is -1.62. The molecule has 4 nitrogen and oxygen atoms in total. The molecular weight excluding hydrogens is 357 g/mol. The third-order valence-corrected chi connectivity index (χ3v) is 6.66. The molecule has 0 spiro atoms. The van der Waals surface area contributed by atoms with Gasteiger partial charge in [-0.15, -0.1) is 0 Å². The minimum Gasteiger partial charge on any atom is -0.460 e. The Kier molecular flexibility index (Phi) is 4.25. The average Bonchev–Trinajstić information content (AvgIpc) is 2.51. The smallest absolute Gasteiger partial charge is 0.312 e. The molecule has 0 radical (unpaired) electrons. The number of hydrogen-bond acceptors (Lipinski definition) is 3. The van der Waals surface area contributed by atoms with Crippen molar-refractivity contribution in [3.8, 4) is 0 Å². The lowest BCUT2D eigenvalue weighted by molar-refractivity contribution is -0.177. The van der Waals surface area contributed by atoms with Crippen LogP contribution in [0.1, 0.15) is 51.0 Å². The van der Waals surface area contributed by atoms with Gasteiger partial charge >= 0.3 is 5.97 Å². The van der Waals surface area contributed by atoms with Crippen molar-refractivity contribution in [2.45, 2.75) is 57.6 Å². The Morgan fingerprint density at radius 3 is 2.58 bits per heavy atom. The van der Waals surface area contributed by atoms with E-state index in [2.05, 4.69) is 5.32 Å². The number of amides is 1. The van der Waals surface area contributed by atoms with Crippen LogP contribution in [0.15, 0.2) is 18.2 Å². The fourth-order valence-corrected chi connectivity index (χ4v) is 6.18. The maximum atomic E-state index is 13.2. The van der Waals surface area contributed by atoms with E-state index in [0.717, 1.165) is 32.1 Å². The molecule has 26 heavy (non-hydrogen) atoms. The lowest BCUT2D eigenvalue weighted by Crippen LogP contribution is -2.64. The Morgan fingerprint density at radius 2 is 1.96 bits per heavy atom. The standard InChI is InChI=1S/C20H23ClFNO3/c1-12(24)23-20-8-13-4-14(9-20)7-19(6-13,11-20)18(25)26-10-15-2-3-16(22)5-17(15)21/h2-3,5,13-14H,4,6-11H2,1H3,(H,23,24)/t13-,14-,19?,20?/m0/s1. The average molecular weight is 380 g/mol. The van der Waals surface area contributed by atoms with E-state index in [1.807, 2.05) is 0 Å². The predicted molar refractivity (Wildman–Crippen MR) is 94.9 cm³/mol. The molecular formula is C20H23ClFNO3. The summed E-state index contributed by atoms with van der Waals surface area (Å²) >= 11 is 6.03. The number of benzene rings is 1. The van der Waals surface area contributed by atoms with Gasteiger partial charge in [-0.3, -0.25) is 9.59 Å². The van der Waals surface area contributed by atoms with Gasteiger partial charge in [0.2, 0.25) is 5.91 Å². The van der Waals surface area contributed by atoms with Crippen molar-refractivity contribution in [3.05, 3.63) is 34.6 Å². The highest BCUT2D eigenvalue weighted by Crippen LogP contribution is 2.62. The van der Waals surface area contributed by atoms with Crippen LogP contribution in [0.2, 0.25) is 5.02 Å². The van der Waals surface area contributed by atoms with Crippen molar-refractivity contribution in [1.29, 1.82) is 0 Å². The van der Waals surface area contributed by atoms with Gasteiger partial charge in [-0.25, -0.2) is 4.39 Å². The largest absolute Gasteiger partial charge is 0.460 e. The first kappa shape index (κ1) is 17.8. The van der Waals surface area contributed by atoms with Gasteiger partial charge in [0, 0.05) is 18.0 Å². The maximum absolute atomic E-state index is 13.2. The van der Waals surface area contributed by atoms with Crippen LogP contribution in [-0.4, -0.2) is 17.4 Å². The number of rotatable bonds is 4. The number of hydrogen-bond donors (Lipinski definition) is 1. The topological polar surface area (TPSA) is 55.4 Å². The van der Waals surface area contributed by atoms with E-state index >= 15 is 0 Å². The summed E-state index contributed by atoms with van der Waals surface area (Å²) in [5, 5.41) is 3.41. The third-order valence-electron chi connectivity index (χ3n) is 6.31. The maximum Gasteiger partial charge on any atom is 0.312 e. The van der Waals surface area contributed by atoms with E-state index in [9.17, 15) is 14.0 Å². The van der Waals surface area contributed by atoms with Gasteiger partial charge in [-0.05, 0) is 62.5 Å². The fourth-order valence-electron chi connectivity index (χ4n) is 5.96. The van der Waals surface area contributed by atoms with Gasteiger partial charge in [0.15, 0.2) is 0 Å². The van der Waals surface area contributed by atoms with Crippen molar-refractivity contribution in [2.75, 3.05) is 0 Å². The van der Waals surface area contributed by atoms with Crippen LogP contribution >= 0.6 is 11.6 Å². The van der Waals surface area contributed by atoms with Gasteiger partial charge < -0.3 is 10.1 Å². The number of nitrogens with one attached hydrogen (secondary N) is 1. The van der Waals surface area contributed by atoms with E-state index < -0.39 is 11.2 Å². The second-order valence-electron chi connectivity index (χ2n) is 8.51. The van der Waals surface area contributed by atoms with Crippen LogP contribution in [0.25, 0.3) is 0 Å². The molecule has 1 aromatic rings. The molecule has 6 heteroatoms. The fraction of sp³-hybridized carbons (Fsp3) is 0.600. The summed E-state index contributed by atoms with van der Waals surface area (Å²) in [5.74, 6) is 0.272. The van der Waals surface area contributed by atoms with Gasteiger partial charge in [0.05, 0.1) is 10.4 Å². The molecule has 2 atom stereocenters. The molecule has 4 aliphatic rings. The lowest BCUT2D eigenvalue weighted by Gasteiger charge is -2.60. The molecule has 4 saturated carbocycles. The number of carbonyl (C=O) groups excluding carboxylic acids is 2. The Morgan fingerprint density at radius 1 is 1.27 bits per heavy atom. The summed E-state index contributed by atoms with van der Waals surface area (Å²) in [5.41, 5.74) is -0.177. The van der Waals surface area contributed by atoms with E-state index in [1.54, 1.807) is 13.0 Å². The normalized spacial score (nSPS) is 34.6. The molecule has 140 valence electrons. The summed E-state index contributed by atoms with van der Waals surface area (Å²) in [6.07, 6.45) is 5.38. The predicted octanol–water partition coefficient (Wildman–Crippen LogP) is 4.00. The first-order valence-corrected chi connectivity index (χ1v) is 9.57. The number of halogens is 2. The van der Waals surface area contributed by atoms with E-state index in [-0.39, 0.29) is 29.0 Å². The van der Waals surface area contributed by atoms with Crippen LogP contribution in [0.5, 0.6) is 0 Å². The van der Waals surface area contributed by atoms with Gasteiger partial charge in [0.1, 0.15) is 12.4 Å². The molecule has 5 rings (SSSR count). The second kappa shape index (κ2) is 6.22. The molecule has 1 amide bonds. The monoisotopic (exact) mass is 379 g/mol. The zero-order chi connectivity index (χ0) is 18.5. The highest BCUT2D eigenvalue weighted by molar-refractivity contribution is 6.31.